The van der Waals surface area contributed by atoms with Crippen LogP contribution in [0, 0.1) is 17.3 Å². The summed E-state index contributed by atoms with van der Waals surface area (Å²) in [4.78, 5) is 10.6. The zero-order valence-electron chi connectivity index (χ0n) is 8.05. The number of ether oxygens (including phenoxy) is 1. The lowest BCUT2D eigenvalue weighted by molar-refractivity contribution is 0.0718. The van der Waals surface area contributed by atoms with Crippen LogP contribution in [0.5, 0.6) is 0 Å². The molecule has 13 heavy (non-hydrogen) atoms. The summed E-state index contributed by atoms with van der Waals surface area (Å²) in [7, 11) is 0. The standard InChI is InChI=1S/C10H15ClO2/c1-10(2)6-3-4-7(10)8(5-6)13-9(11)12/h6-8H,3-5H2,1-2H3/t6-,7+,8-/m1/s1. The van der Waals surface area contributed by atoms with Crippen molar-refractivity contribution in [3.05, 3.63) is 0 Å². The molecule has 0 N–H and O–H groups in total. The van der Waals surface area contributed by atoms with Crippen molar-refractivity contribution in [2.24, 2.45) is 17.3 Å². The highest BCUT2D eigenvalue weighted by Gasteiger charge is 2.54. The smallest absolute Gasteiger partial charge is 0.404 e. The summed E-state index contributed by atoms with van der Waals surface area (Å²) >= 11 is 5.23. The Kier molecular flexibility index (Phi) is 2.06. The van der Waals surface area contributed by atoms with Crippen LogP contribution >= 0.6 is 11.6 Å². The third kappa shape index (κ3) is 1.35. The predicted molar refractivity (Wildman–Crippen MR) is 50.7 cm³/mol. The molecular weight excluding hydrogens is 188 g/mol. The van der Waals surface area contributed by atoms with Crippen LogP contribution in [0.25, 0.3) is 0 Å². The topological polar surface area (TPSA) is 26.3 Å². The van der Waals surface area contributed by atoms with E-state index in [2.05, 4.69) is 13.8 Å². The van der Waals surface area contributed by atoms with E-state index in [9.17, 15) is 4.79 Å². The van der Waals surface area contributed by atoms with E-state index >= 15 is 0 Å². The first-order valence-corrected chi connectivity index (χ1v) is 5.25. The molecular formula is C10H15ClO2. The van der Waals surface area contributed by atoms with Crippen LogP contribution < -0.4 is 0 Å². The molecule has 2 aliphatic carbocycles. The summed E-state index contributed by atoms with van der Waals surface area (Å²) in [6.45, 7) is 4.55. The Bertz CT molecular complexity index is 237. The van der Waals surface area contributed by atoms with Crippen LogP contribution in [0.3, 0.4) is 0 Å². The maximum atomic E-state index is 10.6. The number of fused-ring (bicyclic) bond motifs is 2. The number of hydrogen-bond donors (Lipinski definition) is 0. The van der Waals surface area contributed by atoms with Gasteiger partial charge in [-0.25, -0.2) is 4.79 Å². The van der Waals surface area contributed by atoms with Crippen molar-refractivity contribution in [3.8, 4) is 0 Å². The molecule has 74 valence electrons. The minimum atomic E-state index is -0.645. The number of halogens is 1. The van der Waals surface area contributed by atoms with Crippen molar-refractivity contribution in [1.29, 1.82) is 0 Å². The highest BCUT2D eigenvalue weighted by molar-refractivity contribution is 6.61. The molecule has 0 unspecified atom stereocenters. The van der Waals surface area contributed by atoms with Gasteiger partial charge in [0.05, 0.1) is 0 Å². The van der Waals surface area contributed by atoms with Crippen LogP contribution in [-0.4, -0.2) is 11.5 Å². The molecule has 2 nitrogen and oxygen atoms in total. The highest BCUT2D eigenvalue weighted by atomic mass is 35.5. The molecule has 2 bridgehead atoms. The van der Waals surface area contributed by atoms with Gasteiger partial charge in [0.1, 0.15) is 6.10 Å². The average Bonchev–Trinajstić information content (AvgIpc) is 2.38. The van der Waals surface area contributed by atoms with Crippen molar-refractivity contribution in [2.75, 3.05) is 0 Å². The third-order valence-electron chi connectivity index (χ3n) is 4.04. The fourth-order valence-corrected chi connectivity index (χ4v) is 3.32. The molecule has 2 aliphatic rings. The zero-order valence-corrected chi connectivity index (χ0v) is 8.80. The van der Waals surface area contributed by atoms with Crippen LogP contribution in [0.2, 0.25) is 0 Å². The van der Waals surface area contributed by atoms with E-state index in [1.165, 1.54) is 12.8 Å². The Hall–Kier alpha value is -0.240. The monoisotopic (exact) mass is 202 g/mol. The van der Waals surface area contributed by atoms with Gasteiger partial charge in [0.15, 0.2) is 0 Å². The first kappa shape index (κ1) is 9.32. The van der Waals surface area contributed by atoms with Crippen molar-refractivity contribution in [1.82, 2.24) is 0 Å². The minimum Gasteiger partial charge on any atom is -0.450 e. The van der Waals surface area contributed by atoms with E-state index in [0.717, 1.165) is 12.3 Å². The molecule has 3 heteroatoms. The Morgan fingerprint density at radius 3 is 2.54 bits per heavy atom. The largest absolute Gasteiger partial charge is 0.450 e. The molecule has 0 aromatic heterocycles. The fourth-order valence-electron chi connectivity index (χ4n) is 3.21. The van der Waals surface area contributed by atoms with Crippen molar-refractivity contribution < 1.29 is 9.53 Å². The Morgan fingerprint density at radius 1 is 1.46 bits per heavy atom. The maximum absolute atomic E-state index is 10.6. The van der Waals surface area contributed by atoms with Gasteiger partial charge in [-0.15, -0.1) is 0 Å². The Morgan fingerprint density at radius 2 is 2.15 bits per heavy atom. The Balaban J connectivity index is 2.09. The molecule has 2 saturated carbocycles. The average molecular weight is 203 g/mol. The Labute approximate surface area is 83.6 Å². The minimum absolute atomic E-state index is 0.0822. The van der Waals surface area contributed by atoms with Crippen LogP contribution in [-0.2, 0) is 4.74 Å². The van der Waals surface area contributed by atoms with Crippen molar-refractivity contribution in [2.45, 2.75) is 39.2 Å². The molecule has 0 aromatic carbocycles. The molecule has 2 rings (SSSR count). The number of carbonyl (C=O) groups excluding carboxylic acids is 1. The van der Waals surface area contributed by atoms with Gasteiger partial charge in [-0.1, -0.05) is 13.8 Å². The van der Waals surface area contributed by atoms with Crippen LogP contribution in [0.4, 0.5) is 4.79 Å². The molecule has 0 heterocycles. The van der Waals surface area contributed by atoms with Gasteiger partial charge in [0.25, 0.3) is 0 Å². The van der Waals surface area contributed by atoms with E-state index in [0.29, 0.717) is 11.3 Å². The summed E-state index contributed by atoms with van der Waals surface area (Å²) in [6.07, 6.45) is 3.56. The van der Waals surface area contributed by atoms with Gasteiger partial charge in [-0.05, 0) is 30.6 Å². The highest BCUT2D eigenvalue weighted by Crippen LogP contribution is 2.58. The van der Waals surface area contributed by atoms with E-state index in [-0.39, 0.29) is 6.10 Å². The van der Waals surface area contributed by atoms with Gasteiger partial charge < -0.3 is 4.74 Å². The van der Waals surface area contributed by atoms with E-state index in [4.69, 9.17) is 16.3 Å². The summed E-state index contributed by atoms with van der Waals surface area (Å²) in [6, 6.07) is 0. The molecule has 0 aliphatic heterocycles. The lowest BCUT2D eigenvalue weighted by Gasteiger charge is -2.25. The van der Waals surface area contributed by atoms with Gasteiger partial charge in [0, 0.05) is 17.5 Å². The van der Waals surface area contributed by atoms with E-state index in [1.807, 2.05) is 0 Å². The van der Waals surface area contributed by atoms with Gasteiger partial charge in [0.2, 0.25) is 0 Å². The summed E-state index contributed by atoms with van der Waals surface area (Å²) in [5, 5.41) is 0. The van der Waals surface area contributed by atoms with Crippen molar-refractivity contribution in [3.63, 3.8) is 0 Å². The molecule has 3 atom stereocenters. The normalized spacial score (nSPS) is 40.7. The predicted octanol–water partition coefficient (Wildman–Crippen LogP) is 3.19. The van der Waals surface area contributed by atoms with Gasteiger partial charge >= 0.3 is 5.43 Å². The molecule has 2 fully saturated rings. The number of carbonyl (C=O) groups is 1. The fraction of sp³-hybridized carbons (Fsp3) is 0.900. The second-order valence-corrected chi connectivity index (χ2v) is 5.14. The molecule has 0 spiro atoms. The third-order valence-corrected chi connectivity index (χ3v) is 4.13. The summed E-state index contributed by atoms with van der Waals surface area (Å²) in [5.74, 6) is 1.25. The van der Waals surface area contributed by atoms with Crippen LogP contribution in [0.15, 0.2) is 0 Å². The summed E-state index contributed by atoms with van der Waals surface area (Å²) < 4.78 is 5.11. The van der Waals surface area contributed by atoms with Crippen LogP contribution in [0.1, 0.15) is 33.1 Å². The second kappa shape index (κ2) is 2.88. The first-order chi connectivity index (χ1) is 6.01. The lowest BCUT2D eigenvalue weighted by atomic mass is 9.82. The maximum Gasteiger partial charge on any atom is 0.404 e. The lowest BCUT2D eigenvalue weighted by Crippen LogP contribution is -2.25. The number of rotatable bonds is 1. The number of hydrogen-bond acceptors (Lipinski definition) is 2. The van der Waals surface area contributed by atoms with E-state index < -0.39 is 5.43 Å². The van der Waals surface area contributed by atoms with Crippen molar-refractivity contribution >= 4 is 17.0 Å². The van der Waals surface area contributed by atoms with Gasteiger partial charge in [-0.2, -0.15) is 0 Å². The second-order valence-electron chi connectivity index (χ2n) is 4.83. The zero-order chi connectivity index (χ0) is 9.64. The molecule has 0 saturated heterocycles. The molecule has 0 radical (unpaired) electrons. The van der Waals surface area contributed by atoms with E-state index in [1.54, 1.807) is 0 Å². The SMILES string of the molecule is CC1(C)[C@@H]2CC[C@H]1[C@H](OC(=O)Cl)C2. The summed E-state index contributed by atoms with van der Waals surface area (Å²) in [5.41, 5.74) is -0.301. The first-order valence-electron chi connectivity index (χ1n) is 4.88. The molecule has 0 aromatic rings. The van der Waals surface area contributed by atoms with Gasteiger partial charge in [-0.3, -0.25) is 0 Å². The molecule has 0 amide bonds. The quantitative estimate of drug-likeness (QED) is 0.611.